The zero-order valence-electron chi connectivity index (χ0n) is 10.1. The summed E-state index contributed by atoms with van der Waals surface area (Å²) in [5, 5.41) is 9.87. The maximum absolute atomic E-state index is 5.70. The van der Waals surface area contributed by atoms with Crippen molar-refractivity contribution in [3.63, 3.8) is 0 Å². The predicted molar refractivity (Wildman–Crippen MR) is 66.7 cm³/mol. The van der Waals surface area contributed by atoms with Gasteiger partial charge in [0.2, 0.25) is 0 Å². The Labute approximate surface area is 104 Å². The van der Waals surface area contributed by atoms with Crippen LogP contribution in [0.3, 0.4) is 0 Å². The first-order valence-electron chi connectivity index (χ1n) is 5.32. The van der Waals surface area contributed by atoms with E-state index in [0.717, 1.165) is 27.3 Å². The van der Waals surface area contributed by atoms with Crippen molar-refractivity contribution in [3.8, 4) is 0 Å². The highest BCUT2D eigenvalue weighted by molar-refractivity contribution is 7.99. The number of aryl methyl sites for hydroxylation is 2. The number of hydrogen-bond acceptors (Lipinski definition) is 5. The SMILES string of the molecule is Cc1ccc(CN)c(Sc2nnc(C)n2C)n1. The molecule has 0 saturated carbocycles. The molecule has 2 heterocycles. The summed E-state index contributed by atoms with van der Waals surface area (Å²) in [6.07, 6.45) is 0. The minimum absolute atomic E-state index is 0.479. The molecule has 5 nitrogen and oxygen atoms in total. The van der Waals surface area contributed by atoms with Crippen molar-refractivity contribution in [2.24, 2.45) is 12.8 Å². The van der Waals surface area contributed by atoms with E-state index in [1.54, 1.807) is 0 Å². The fraction of sp³-hybridized carbons (Fsp3) is 0.364. The van der Waals surface area contributed by atoms with Crippen LogP contribution in [0.1, 0.15) is 17.1 Å². The van der Waals surface area contributed by atoms with E-state index >= 15 is 0 Å². The molecule has 0 bridgehead atoms. The molecular formula is C11H15N5S. The summed E-state index contributed by atoms with van der Waals surface area (Å²) in [4.78, 5) is 4.49. The Morgan fingerprint density at radius 3 is 2.65 bits per heavy atom. The molecule has 0 aliphatic rings. The Balaban J connectivity index is 2.35. The van der Waals surface area contributed by atoms with Gasteiger partial charge < -0.3 is 10.3 Å². The molecule has 17 heavy (non-hydrogen) atoms. The molecule has 90 valence electrons. The smallest absolute Gasteiger partial charge is 0.197 e. The summed E-state index contributed by atoms with van der Waals surface area (Å²) >= 11 is 1.50. The average Bonchev–Trinajstić information content (AvgIpc) is 2.61. The molecule has 2 rings (SSSR count). The van der Waals surface area contributed by atoms with E-state index < -0.39 is 0 Å². The molecule has 2 aromatic heterocycles. The summed E-state index contributed by atoms with van der Waals surface area (Å²) in [7, 11) is 1.94. The molecular weight excluding hydrogens is 234 g/mol. The van der Waals surface area contributed by atoms with Gasteiger partial charge in [-0.05, 0) is 37.2 Å². The third kappa shape index (κ3) is 2.48. The highest BCUT2D eigenvalue weighted by Crippen LogP contribution is 2.27. The van der Waals surface area contributed by atoms with E-state index in [0.29, 0.717) is 6.54 Å². The van der Waals surface area contributed by atoms with Crippen LogP contribution in [-0.4, -0.2) is 19.7 Å². The van der Waals surface area contributed by atoms with Gasteiger partial charge in [-0.25, -0.2) is 4.98 Å². The lowest BCUT2D eigenvalue weighted by atomic mass is 10.2. The molecule has 0 aromatic carbocycles. The molecule has 0 amide bonds. The van der Waals surface area contributed by atoms with E-state index in [4.69, 9.17) is 5.73 Å². The van der Waals surface area contributed by atoms with Crippen molar-refractivity contribution in [2.45, 2.75) is 30.6 Å². The normalized spacial score (nSPS) is 10.8. The van der Waals surface area contributed by atoms with Gasteiger partial charge in [-0.15, -0.1) is 10.2 Å². The summed E-state index contributed by atoms with van der Waals surface area (Å²) in [6.45, 7) is 4.36. The minimum Gasteiger partial charge on any atom is -0.326 e. The minimum atomic E-state index is 0.479. The van der Waals surface area contributed by atoms with Crippen LogP contribution in [0.2, 0.25) is 0 Å². The van der Waals surface area contributed by atoms with E-state index in [1.807, 2.05) is 37.6 Å². The van der Waals surface area contributed by atoms with Gasteiger partial charge >= 0.3 is 0 Å². The lowest BCUT2D eigenvalue weighted by Gasteiger charge is -2.06. The third-order valence-electron chi connectivity index (χ3n) is 2.54. The first kappa shape index (κ1) is 12.1. The Hall–Kier alpha value is -1.40. The van der Waals surface area contributed by atoms with E-state index in [1.165, 1.54) is 11.8 Å². The second kappa shape index (κ2) is 4.85. The second-order valence-electron chi connectivity index (χ2n) is 3.81. The molecule has 0 unspecified atom stereocenters. The topological polar surface area (TPSA) is 69.6 Å². The van der Waals surface area contributed by atoms with Gasteiger partial charge in [0.25, 0.3) is 0 Å². The van der Waals surface area contributed by atoms with Crippen molar-refractivity contribution in [2.75, 3.05) is 0 Å². The maximum Gasteiger partial charge on any atom is 0.197 e. The first-order chi connectivity index (χ1) is 8.11. The summed E-state index contributed by atoms with van der Waals surface area (Å²) < 4.78 is 1.94. The molecule has 0 fully saturated rings. The third-order valence-corrected chi connectivity index (χ3v) is 3.62. The number of hydrogen-bond donors (Lipinski definition) is 1. The molecule has 0 radical (unpaired) electrons. The van der Waals surface area contributed by atoms with Crippen LogP contribution in [0.15, 0.2) is 22.3 Å². The Morgan fingerprint density at radius 2 is 2.06 bits per heavy atom. The van der Waals surface area contributed by atoms with Gasteiger partial charge in [-0.3, -0.25) is 0 Å². The highest BCUT2D eigenvalue weighted by atomic mass is 32.2. The van der Waals surface area contributed by atoms with Crippen molar-refractivity contribution < 1.29 is 0 Å². The summed E-state index contributed by atoms with van der Waals surface area (Å²) in [6, 6.07) is 3.97. The van der Waals surface area contributed by atoms with Gasteiger partial charge in [0, 0.05) is 19.3 Å². The fourth-order valence-corrected chi connectivity index (χ4v) is 2.36. The van der Waals surface area contributed by atoms with Crippen molar-refractivity contribution >= 4 is 11.8 Å². The lowest BCUT2D eigenvalue weighted by molar-refractivity contribution is 0.763. The Morgan fingerprint density at radius 1 is 1.29 bits per heavy atom. The van der Waals surface area contributed by atoms with Crippen LogP contribution >= 0.6 is 11.8 Å². The van der Waals surface area contributed by atoms with Gasteiger partial charge in [0.1, 0.15) is 10.9 Å². The number of rotatable bonds is 3. The van der Waals surface area contributed by atoms with Crippen LogP contribution in [0.4, 0.5) is 0 Å². The number of nitrogens with zero attached hydrogens (tertiary/aromatic N) is 4. The molecule has 0 aliphatic carbocycles. The van der Waals surface area contributed by atoms with Gasteiger partial charge in [-0.2, -0.15) is 0 Å². The summed E-state index contributed by atoms with van der Waals surface area (Å²) in [5.41, 5.74) is 7.71. The van der Waals surface area contributed by atoms with Crippen LogP contribution in [-0.2, 0) is 13.6 Å². The zero-order valence-corrected chi connectivity index (χ0v) is 11.0. The lowest BCUT2D eigenvalue weighted by Crippen LogP contribution is -2.02. The fourth-order valence-electron chi connectivity index (χ4n) is 1.37. The Kier molecular flexibility index (Phi) is 3.44. The van der Waals surface area contributed by atoms with Gasteiger partial charge in [-0.1, -0.05) is 6.07 Å². The van der Waals surface area contributed by atoms with Crippen molar-refractivity contribution in [1.82, 2.24) is 19.7 Å². The Bertz CT molecular complexity index is 535. The molecule has 0 spiro atoms. The molecule has 6 heteroatoms. The first-order valence-corrected chi connectivity index (χ1v) is 6.14. The number of pyridine rings is 1. The molecule has 2 aromatic rings. The highest BCUT2D eigenvalue weighted by Gasteiger charge is 2.11. The van der Waals surface area contributed by atoms with Crippen LogP contribution < -0.4 is 5.73 Å². The average molecular weight is 249 g/mol. The maximum atomic E-state index is 5.70. The zero-order chi connectivity index (χ0) is 12.4. The van der Waals surface area contributed by atoms with Crippen LogP contribution in [0.5, 0.6) is 0 Å². The number of aromatic nitrogens is 4. The monoisotopic (exact) mass is 249 g/mol. The van der Waals surface area contributed by atoms with Gasteiger partial charge in [0.05, 0.1) is 0 Å². The molecule has 0 atom stereocenters. The van der Waals surface area contributed by atoms with Crippen LogP contribution in [0.25, 0.3) is 0 Å². The quantitative estimate of drug-likeness (QED) is 0.891. The van der Waals surface area contributed by atoms with Crippen LogP contribution in [0, 0.1) is 13.8 Å². The second-order valence-corrected chi connectivity index (χ2v) is 4.77. The number of nitrogens with two attached hydrogens (primary N) is 1. The predicted octanol–water partition coefficient (Wildman–Crippen LogP) is 1.44. The van der Waals surface area contributed by atoms with E-state index in [9.17, 15) is 0 Å². The van der Waals surface area contributed by atoms with Gasteiger partial charge in [0.15, 0.2) is 5.16 Å². The molecule has 0 aliphatic heterocycles. The van der Waals surface area contributed by atoms with Crippen molar-refractivity contribution in [1.29, 1.82) is 0 Å². The van der Waals surface area contributed by atoms with Crippen molar-refractivity contribution in [3.05, 3.63) is 29.2 Å². The molecule has 2 N–H and O–H groups in total. The largest absolute Gasteiger partial charge is 0.326 e. The van der Waals surface area contributed by atoms with E-state index in [2.05, 4.69) is 15.2 Å². The molecule has 0 saturated heterocycles. The summed E-state index contributed by atoms with van der Waals surface area (Å²) in [5.74, 6) is 0.884. The standard InChI is InChI=1S/C11H15N5S/c1-7-4-5-9(6-12)10(13-7)17-11-15-14-8(2)16(11)3/h4-5H,6,12H2,1-3H3. The van der Waals surface area contributed by atoms with E-state index in [-0.39, 0.29) is 0 Å².